The van der Waals surface area contributed by atoms with Crippen LogP contribution in [0.3, 0.4) is 0 Å². The number of hydrogen-bond acceptors (Lipinski definition) is 4. The number of hydrogen-bond donors (Lipinski definition) is 4. The van der Waals surface area contributed by atoms with Crippen molar-refractivity contribution >= 4 is 17.8 Å². The van der Waals surface area contributed by atoms with Crippen molar-refractivity contribution in [3.63, 3.8) is 0 Å². The van der Waals surface area contributed by atoms with Crippen molar-refractivity contribution in [2.24, 2.45) is 11.7 Å². The Morgan fingerprint density at radius 1 is 1.16 bits per heavy atom. The molecule has 3 atom stereocenters. The summed E-state index contributed by atoms with van der Waals surface area (Å²) in [4.78, 5) is 35.1. The summed E-state index contributed by atoms with van der Waals surface area (Å²) in [7, 11) is 0. The van der Waals surface area contributed by atoms with Crippen LogP contribution in [0, 0.1) is 11.7 Å². The van der Waals surface area contributed by atoms with Crippen LogP contribution in [0.2, 0.25) is 0 Å². The van der Waals surface area contributed by atoms with Gasteiger partial charge < -0.3 is 15.8 Å². The second-order valence-corrected chi connectivity index (χ2v) is 5.54. The molecule has 0 saturated carbocycles. The molecular formula is C16H23FN4O4. The fourth-order valence-electron chi connectivity index (χ4n) is 1.94. The van der Waals surface area contributed by atoms with Crippen LogP contribution in [0.15, 0.2) is 24.3 Å². The zero-order chi connectivity index (χ0) is 19.0. The Balaban J connectivity index is 2.59. The molecule has 25 heavy (non-hydrogen) atoms. The number of nitrogens with one attached hydrogen (secondary N) is 3. The summed E-state index contributed by atoms with van der Waals surface area (Å²) in [6.07, 6.45) is -0.442. The molecule has 1 aromatic rings. The van der Waals surface area contributed by atoms with Crippen LogP contribution in [-0.4, -0.2) is 30.0 Å². The van der Waals surface area contributed by atoms with Crippen molar-refractivity contribution in [2.75, 3.05) is 0 Å². The first-order valence-corrected chi connectivity index (χ1v) is 7.83. The first kappa shape index (κ1) is 20.2. The monoisotopic (exact) mass is 354 g/mol. The van der Waals surface area contributed by atoms with Crippen molar-refractivity contribution in [2.45, 2.75) is 39.3 Å². The van der Waals surface area contributed by atoms with Crippen LogP contribution >= 0.6 is 0 Å². The smallest absolute Gasteiger partial charge is 0.312 e. The molecule has 0 saturated heterocycles. The predicted octanol–water partition coefficient (Wildman–Crippen LogP) is 0.823. The molecular weight excluding hydrogens is 331 g/mol. The number of halogens is 1. The number of carbonyl (C=O) groups is 3. The van der Waals surface area contributed by atoms with Gasteiger partial charge in [0.15, 0.2) is 17.7 Å². The minimum Gasteiger partial charge on any atom is -0.478 e. The molecule has 0 heterocycles. The van der Waals surface area contributed by atoms with Crippen molar-refractivity contribution in [1.82, 2.24) is 16.2 Å². The van der Waals surface area contributed by atoms with Gasteiger partial charge in [-0.15, -0.1) is 0 Å². The third-order valence-electron chi connectivity index (χ3n) is 3.61. The van der Waals surface area contributed by atoms with E-state index in [9.17, 15) is 18.8 Å². The van der Waals surface area contributed by atoms with E-state index >= 15 is 0 Å². The highest BCUT2D eigenvalue weighted by Gasteiger charge is 2.26. The lowest BCUT2D eigenvalue weighted by Crippen LogP contribution is -2.57. The average Bonchev–Trinajstić information content (AvgIpc) is 2.58. The molecule has 4 amide bonds. The van der Waals surface area contributed by atoms with Gasteiger partial charge in [0, 0.05) is 0 Å². The molecule has 0 fully saturated rings. The molecule has 0 bridgehead atoms. The van der Waals surface area contributed by atoms with E-state index in [1.165, 1.54) is 25.1 Å². The van der Waals surface area contributed by atoms with Gasteiger partial charge in [0.1, 0.15) is 6.04 Å². The molecule has 8 nitrogen and oxygen atoms in total. The van der Waals surface area contributed by atoms with Crippen molar-refractivity contribution in [1.29, 1.82) is 0 Å². The number of primary amides is 1. The normalized spacial score (nSPS) is 13.9. The second-order valence-electron chi connectivity index (χ2n) is 5.54. The Morgan fingerprint density at radius 2 is 1.76 bits per heavy atom. The molecule has 0 aromatic heterocycles. The molecule has 9 heteroatoms. The largest absolute Gasteiger partial charge is 0.478 e. The number of urea groups is 1. The van der Waals surface area contributed by atoms with Crippen molar-refractivity contribution in [3.05, 3.63) is 30.1 Å². The van der Waals surface area contributed by atoms with Crippen LogP contribution in [-0.2, 0) is 9.59 Å². The number of hydrazine groups is 1. The molecule has 0 radical (unpaired) electrons. The number of amides is 4. The van der Waals surface area contributed by atoms with Crippen LogP contribution in [0.4, 0.5) is 9.18 Å². The van der Waals surface area contributed by atoms with E-state index in [1.54, 1.807) is 13.0 Å². The van der Waals surface area contributed by atoms with Crippen LogP contribution in [0.1, 0.15) is 27.2 Å². The van der Waals surface area contributed by atoms with Gasteiger partial charge in [0.25, 0.3) is 11.8 Å². The van der Waals surface area contributed by atoms with E-state index in [0.717, 1.165) is 0 Å². The van der Waals surface area contributed by atoms with E-state index in [1.807, 2.05) is 6.92 Å². The molecule has 0 spiro atoms. The van der Waals surface area contributed by atoms with Gasteiger partial charge in [-0.05, 0) is 25.0 Å². The number of ether oxygens (including phenoxy) is 1. The SMILES string of the molecule is CCC(C)C(NC(N)=O)C(=O)NNC(=O)C(C)Oc1ccccc1F. The first-order valence-electron chi connectivity index (χ1n) is 7.83. The van der Waals surface area contributed by atoms with E-state index in [0.29, 0.717) is 6.42 Å². The molecule has 138 valence electrons. The summed E-state index contributed by atoms with van der Waals surface area (Å²) >= 11 is 0. The number of nitrogens with two attached hydrogens (primary N) is 1. The Hall–Kier alpha value is -2.84. The number of benzene rings is 1. The van der Waals surface area contributed by atoms with E-state index in [4.69, 9.17) is 10.5 Å². The van der Waals surface area contributed by atoms with E-state index in [2.05, 4.69) is 16.2 Å². The Kier molecular flexibility index (Phi) is 7.64. The summed E-state index contributed by atoms with van der Waals surface area (Å²) in [5.41, 5.74) is 9.43. The third-order valence-corrected chi connectivity index (χ3v) is 3.61. The molecule has 3 unspecified atom stereocenters. The third kappa shape index (κ3) is 6.28. The molecule has 1 aromatic carbocycles. The summed E-state index contributed by atoms with van der Waals surface area (Å²) in [5, 5.41) is 2.33. The topological polar surface area (TPSA) is 123 Å². The Labute approximate surface area is 145 Å². The van der Waals surface area contributed by atoms with Gasteiger partial charge >= 0.3 is 6.03 Å². The fraction of sp³-hybridized carbons (Fsp3) is 0.438. The number of carbonyl (C=O) groups excluding carboxylic acids is 3. The molecule has 0 aliphatic heterocycles. The van der Waals surface area contributed by atoms with Crippen LogP contribution in [0.25, 0.3) is 0 Å². The maximum atomic E-state index is 13.5. The van der Waals surface area contributed by atoms with Gasteiger partial charge in [0.05, 0.1) is 0 Å². The van der Waals surface area contributed by atoms with Gasteiger partial charge in [-0.25, -0.2) is 9.18 Å². The highest BCUT2D eigenvalue weighted by molar-refractivity contribution is 5.89. The lowest BCUT2D eigenvalue weighted by atomic mass is 9.99. The minimum absolute atomic E-state index is 0.0793. The van der Waals surface area contributed by atoms with Gasteiger partial charge in [-0.3, -0.25) is 20.4 Å². The molecule has 1 rings (SSSR count). The summed E-state index contributed by atoms with van der Waals surface area (Å²) < 4.78 is 18.7. The maximum absolute atomic E-state index is 13.5. The summed E-state index contributed by atoms with van der Waals surface area (Å²) in [5.74, 6) is -2.19. The van der Waals surface area contributed by atoms with Gasteiger partial charge in [-0.1, -0.05) is 32.4 Å². The van der Waals surface area contributed by atoms with Gasteiger partial charge in [0.2, 0.25) is 0 Å². The minimum atomic E-state index is -1.05. The maximum Gasteiger partial charge on any atom is 0.312 e. The first-order chi connectivity index (χ1) is 11.8. The quantitative estimate of drug-likeness (QED) is 0.542. The van der Waals surface area contributed by atoms with Crippen molar-refractivity contribution < 1.29 is 23.5 Å². The van der Waals surface area contributed by atoms with E-state index < -0.39 is 35.8 Å². The zero-order valence-corrected chi connectivity index (χ0v) is 14.3. The highest BCUT2D eigenvalue weighted by Crippen LogP contribution is 2.16. The lowest BCUT2D eigenvalue weighted by molar-refractivity contribution is -0.133. The Bertz CT molecular complexity index is 626. The molecule has 5 N–H and O–H groups in total. The standard InChI is InChI=1S/C16H23FN4O4/c1-4-9(2)13(19-16(18)24)15(23)21-20-14(22)10(3)25-12-8-6-5-7-11(12)17/h5-10,13H,4H2,1-3H3,(H,20,22)(H,21,23)(H3,18,19,24). The summed E-state index contributed by atoms with van der Waals surface area (Å²) in [6, 6.07) is 3.90. The average molecular weight is 354 g/mol. The number of rotatable bonds is 7. The van der Waals surface area contributed by atoms with Crippen LogP contribution in [0.5, 0.6) is 5.75 Å². The lowest BCUT2D eigenvalue weighted by Gasteiger charge is -2.23. The Morgan fingerprint density at radius 3 is 2.32 bits per heavy atom. The van der Waals surface area contributed by atoms with E-state index in [-0.39, 0.29) is 11.7 Å². The van der Waals surface area contributed by atoms with Crippen LogP contribution < -0.4 is 26.6 Å². The fourth-order valence-corrected chi connectivity index (χ4v) is 1.94. The molecule has 0 aliphatic carbocycles. The van der Waals surface area contributed by atoms with Gasteiger partial charge in [-0.2, -0.15) is 0 Å². The summed E-state index contributed by atoms with van der Waals surface area (Å²) in [6.45, 7) is 5.00. The highest BCUT2D eigenvalue weighted by atomic mass is 19.1. The predicted molar refractivity (Wildman–Crippen MR) is 88.7 cm³/mol. The zero-order valence-electron chi connectivity index (χ0n) is 14.3. The van der Waals surface area contributed by atoms with Crippen molar-refractivity contribution in [3.8, 4) is 5.75 Å². The number of para-hydroxylation sites is 1. The second kappa shape index (κ2) is 9.45. The molecule has 0 aliphatic rings.